The highest BCUT2D eigenvalue weighted by Crippen LogP contribution is 2.12. The van der Waals surface area contributed by atoms with Crippen molar-refractivity contribution < 1.29 is 4.74 Å². The van der Waals surface area contributed by atoms with Crippen molar-refractivity contribution >= 4 is 12.6 Å². The van der Waals surface area contributed by atoms with E-state index in [1.807, 2.05) is 12.1 Å². The standard InChI is InChI=1S/C13H18N2OS/c14-9-11-4-6-13(7-5-11)16-8-2-1-3-12(15)10-17/h4-7,12,17H,1-3,8,10,15H2/t12-/m1/s1. The Bertz CT molecular complexity index is 359. The third kappa shape index (κ3) is 5.62. The van der Waals surface area contributed by atoms with Gasteiger partial charge in [0.2, 0.25) is 0 Å². The topological polar surface area (TPSA) is 59.0 Å². The third-order valence-electron chi connectivity index (χ3n) is 2.46. The van der Waals surface area contributed by atoms with E-state index in [-0.39, 0.29) is 6.04 Å². The van der Waals surface area contributed by atoms with Crippen LogP contribution in [0.1, 0.15) is 24.8 Å². The van der Waals surface area contributed by atoms with Gasteiger partial charge in [-0.2, -0.15) is 17.9 Å². The van der Waals surface area contributed by atoms with Gasteiger partial charge in [-0.05, 0) is 43.5 Å². The van der Waals surface area contributed by atoms with Gasteiger partial charge < -0.3 is 10.5 Å². The molecular formula is C13H18N2OS. The van der Waals surface area contributed by atoms with Crippen molar-refractivity contribution in [3.8, 4) is 11.8 Å². The fourth-order valence-corrected chi connectivity index (χ4v) is 1.60. The first-order valence-electron chi connectivity index (χ1n) is 5.75. The molecule has 3 nitrogen and oxygen atoms in total. The molecule has 0 amide bonds. The number of nitrogens with two attached hydrogens (primary N) is 1. The quantitative estimate of drug-likeness (QED) is 0.577. The van der Waals surface area contributed by atoms with Crippen LogP contribution < -0.4 is 10.5 Å². The molecule has 0 saturated heterocycles. The molecule has 92 valence electrons. The molecule has 0 radical (unpaired) electrons. The van der Waals surface area contributed by atoms with Gasteiger partial charge in [0, 0.05) is 11.8 Å². The lowest BCUT2D eigenvalue weighted by molar-refractivity contribution is 0.304. The van der Waals surface area contributed by atoms with Crippen LogP contribution in [0, 0.1) is 11.3 Å². The second-order valence-corrected chi connectivity index (χ2v) is 4.29. The summed E-state index contributed by atoms with van der Waals surface area (Å²) in [5.74, 6) is 1.54. The van der Waals surface area contributed by atoms with Crippen LogP contribution in [0.5, 0.6) is 5.75 Å². The lowest BCUT2D eigenvalue weighted by Crippen LogP contribution is -2.21. The van der Waals surface area contributed by atoms with Crippen molar-refractivity contribution in [2.45, 2.75) is 25.3 Å². The first kappa shape index (κ1) is 13.9. The van der Waals surface area contributed by atoms with Crippen molar-refractivity contribution in [2.75, 3.05) is 12.4 Å². The minimum atomic E-state index is 0.188. The minimum Gasteiger partial charge on any atom is -0.494 e. The van der Waals surface area contributed by atoms with Gasteiger partial charge in [-0.15, -0.1) is 0 Å². The molecule has 1 aromatic carbocycles. The van der Waals surface area contributed by atoms with Crippen LogP contribution in [0.25, 0.3) is 0 Å². The maximum absolute atomic E-state index is 8.64. The number of nitriles is 1. The van der Waals surface area contributed by atoms with E-state index in [0.29, 0.717) is 12.2 Å². The smallest absolute Gasteiger partial charge is 0.119 e. The second kappa shape index (κ2) is 7.99. The zero-order valence-electron chi connectivity index (χ0n) is 9.80. The van der Waals surface area contributed by atoms with E-state index in [9.17, 15) is 0 Å². The molecule has 0 aliphatic rings. The van der Waals surface area contributed by atoms with Gasteiger partial charge in [-0.3, -0.25) is 0 Å². The van der Waals surface area contributed by atoms with Crippen LogP contribution in [-0.2, 0) is 0 Å². The molecule has 17 heavy (non-hydrogen) atoms. The number of nitrogens with zero attached hydrogens (tertiary/aromatic N) is 1. The van der Waals surface area contributed by atoms with Crippen molar-refractivity contribution in [2.24, 2.45) is 5.73 Å². The molecule has 0 saturated carbocycles. The largest absolute Gasteiger partial charge is 0.494 e. The Morgan fingerprint density at radius 3 is 2.59 bits per heavy atom. The Kier molecular flexibility index (Phi) is 6.53. The summed E-state index contributed by atoms with van der Waals surface area (Å²) in [5, 5.41) is 8.64. The summed E-state index contributed by atoms with van der Waals surface area (Å²) in [7, 11) is 0. The number of rotatable bonds is 7. The predicted molar refractivity (Wildman–Crippen MR) is 72.3 cm³/mol. The second-order valence-electron chi connectivity index (χ2n) is 3.92. The van der Waals surface area contributed by atoms with E-state index < -0.39 is 0 Å². The van der Waals surface area contributed by atoms with E-state index >= 15 is 0 Å². The summed E-state index contributed by atoms with van der Waals surface area (Å²) in [5.41, 5.74) is 6.40. The fraction of sp³-hybridized carbons (Fsp3) is 0.462. The van der Waals surface area contributed by atoms with Gasteiger partial charge in [-0.1, -0.05) is 0 Å². The molecule has 1 atom stereocenters. The Labute approximate surface area is 108 Å². The fourth-order valence-electron chi connectivity index (χ4n) is 1.42. The van der Waals surface area contributed by atoms with E-state index in [0.717, 1.165) is 30.8 Å². The maximum atomic E-state index is 8.64. The molecule has 4 heteroatoms. The van der Waals surface area contributed by atoms with Crippen LogP contribution >= 0.6 is 12.6 Å². The first-order chi connectivity index (χ1) is 8.26. The van der Waals surface area contributed by atoms with Crippen LogP contribution in [-0.4, -0.2) is 18.4 Å². The van der Waals surface area contributed by atoms with Gasteiger partial charge in [-0.25, -0.2) is 0 Å². The SMILES string of the molecule is N#Cc1ccc(OCCCC[C@@H](N)CS)cc1. The van der Waals surface area contributed by atoms with Crippen molar-refractivity contribution in [1.29, 1.82) is 5.26 Å². The Hall–Kier alpha value is -1.18. The monoisotopic (exact) mass is 250 g/mol. The molecule has 0 aliphatic carbocycles. The average molecular weight is 250 g/mol. The Morgan fingerprint density at radius 1 is 1.29 bits per heavy atom. The normalized spacial score (nSPS) is 11.8. The van der Waals surface area contributed by atoms with Crippen LogP contribution in [0.4, 0.5) is 0 Å². The number of thiol groups is 1. The summed E-state index contributed by atoms with van der Waals surface area (Å²) in [6.45, 7) is 0.686. The van der Waals surface area contributed by atoms with Crippen LogP contribution in [0.2, 0.25) is 0 Å². The van der Waals surface area contributed by atoms with Gasteiger partial charge in [0.15, 0.2) is 0 Å². The summed E-state index contributed by atoms with van der Waals surface area (Å²) in [6.07, 6.45) is 3.03. The Balaban J connectivity index is 2.16. The minimum absolute atomic E-state index is 0.188. The van der Waals surface area contributed by atoms with Crippen molar-refractivity contribution in [3.05, 3.63) is 29.8 Å². The number of hydrogen-bond donors (Lipinski definition) is 2. The maximum Gasteiger partial charge on any atom is 0.119 e. The van der Waals surface area contributed by atoms with Gasteiger partial charge in [0.25, 0.3) is 0 Å². The first-order valence-corrected chi connectivity index (χ1v) is 6.39. The number of hydrogen-bond acceptors (Lipinski definition) is 4. The zero-order valence-corrected chi connectivity index (χ0v) is 10.7. The van der Waals surface area contributed by atoms with Gasteiger partial charge >= 0.3 is 0 Å². The molecule has 0 fully saturated rings. The molecular weight excluding hydrogens is 232 g/mol. The van der Waals surface area contributed by atoms with E-state index in [2.05, 4.69) is 18.7 Å². The predicted octanol–water partition coefficient (Wildman–Crippen LogP) is 2.36. The number of benzene rings is 1. The van der Waals surface area contributed by atoms with Gasteiger partial charge in [0.1, 0.15) is 5.75 Å². The van der Waals surface area contributed by atoms with E-state index in [4.69, 9.17) is 15.7 Å². The molecule has 0 aromatic heterocycles. The Morgan fingerprint density at radius 2 is 2.00 bits per heavy atom. The molecule has 0 unspecified atom stereocenters. The van der Waals surface area contributed by atoms with Crippen molar-refractivity contribution in [3.63, 3.8) is 0 Å². The summed E-state index contributed by atoms with van der Waals surface area (Å²) in [6, 6.07) is 9.41. The third-order valence-corrected chi connectivity index (χ3v) is 2.92. The zero-order chi connectivity index (χ0) is 12.5. The highest BCUT2D eigenvalue weighted by molar-refractivity contribution is 7.80. The molecule has 0 heterocycles. The van der Waals surface area contributed by atoms with Crippen LogP contribution in [0.15, 0.2) is 24.3 Å². The lowest BCUT2D eigenvalue weighted by atomic mass is 10.1. The number of ether oxygens (including phenoxy) is 1. The molecule has 1 aromatic rings. The van der Waals surface area contributed by atoms with Crippen LogP contribution in [0.3, 0.4) is 0 Å². The highest BCUT2D eigenvalue weighted by atomic mass is 32.1. The number of unbranched alkanes of at least 4 members (excludes halogenated alkanes) is 1. The van der Waals surface area contributed by atoms with E-state index in [1.54, 1.807) is 12.1 Å². The lowest BCUT2D eigenvalue weighted by Gasteiger charge is -2.08. The molecule has 1 rings (SSSR count). The molecule has 0 aliphatic heterocycles. The van der Waals surface area contributed by atoms with Crippen molar-refractivity contribution in [1.82, 2.24) is 0 Å². The molecule has 2 N–H and O–H groups in total. The summed E-state index contributed by atoms with van der Waals surface area (Å²) >= 11 is 4.13. The average Bonchev–Trinajstić information content (AvgIpc) is 2.38. The summed E-state index contributed by atoms with van der Waals surface area (Å²) in [4.78, 5) is 0. The van der Waals surface area contributed by atoms with Gasteiger partial charge in [0.05, 0.1) is 18.2 Å². The molecule has 0 bridgehead atoms. The summed E-state index contributed by atoms with van der Waals surface area (Å²) < 4.78 is 5.55. The molecule has 0 spiro atoms. The highest BCUT2D eigenvalue weighted by Gasteiger charge is 1.99. The van der Waals surface area contributed by atoms with E-state index in [1.165, 1.54) is 0 Å².